The van der Waals surface area contributed by atoms with Gasteiger partial charge in [-0.25, -0.2) is 0 Å². The van der Waals surface area contributed by atoms with E-state index in [1.807, 2.05) is 0 Å². The minimum atomic E-state index is -1.36. The summed E-state index contributed by atoms with van der Waals surface area (Å²) in [6.07, 6.45) is 8.86. The monoisotopic (exact) mass is 286 g/mol. The van der Waals surface area contributed by atoms with Crippen LogP contribution in [0.25, 0.3) is 5.20 Å². The van der Waals surface area contributed by atoms with Crippen LogP contribution in [0, 0.1) is 6.92 Å². The summed E-state index contributed by atoms with van der Waals surface area (Å²) in [6.45, 7) is 9.53. The quantitative estimate of drug-likeness (QED) is 0.632. The molecule has 0 bridgehead atoms. The van der Waals surface area contributed by atoms with Crippen LogP contribution in [0.4, 0.5) is 0 Å². The lowest BCUT2D eigenvalue weighted by atomic mass is 9.82. The van der Waals surface area contributed by atoms with Crippen molar-refractivity contribution < 1.29 is 4.74 Å². The van der Waals surface area contributed by atoms with Gasteiger partial charge in [0.15, 0.2) is 0 Å². The Morgan fingerprint density at radius 1 is 1.05 bits per heavy atom. The first kappa shape index (κ1) is 13.9. The molecular formula is C18H26OSi. The Hall–Kier alpha value is -1.02. The molecule has 0 radical (unpaired) electrons. The fourth-order valence-electron chi connectivity index (χ4n) is 3.55. The highest BCUT2D eigenvalue weighted by Gasteiger charge is 2.39. The van der Waals surface area contributed by atoms with Gasteiger partial charge in [0.25, 0.3) is 0 Å². The molecule has 1 aromatic rings. The van der Waals surface area contributed by atoms with E-state index < -0.39 is 8.07 Å². The lowest BCUT2D eigenvalue weighted by Gasteiger charge is -2.42. The van der Waals surface area contributed by atoms with Crippen LogP contribution in [0.5, 0.6) is 5.75 Å². The first-order chi connectivity index (χ1) is 9.40. The summed E-state index contributed by atoms with van der Waals surface area (Å²) in [6, 6.07) is 6.69. The number of rotatable bonds is 1. The Bertz CT molecular complexity index is 545. The van der Waals surface area contributed by atoms with Crippen LogP contribution >= 0.6 is 0 Å². The predicted molar refractivity (Wildman–Crippen MR) is 88.9 cm³/mol. The molecule has 0 aromatic heterocycles. The molecule has 3 rings (SSSR count). The van der Waals surface area contributed by atoms with Crippen molar-refractivity contribution in [2.24, 2.45) is 0 Å². The van der Waals surface area contributed by atoms with E-state index in [9.17, 15) is 0 Å². The van der Waals surface area contributed by atoms with Crippen molar-refractivity contribution in [2.75, 3.05) is 0 Å². The van der Waals surface area contributed by atoms with Crippen molar-refractivity contribution >= 4 is 13.3 Å². The van der Waals surface area contributed by atoms with Gasteiger partial charge in [0.2, 0.25) is 0 Å². The van der Waals surface area contributed by atoms with Gasteiger partial charge in [0, 0.05) is 5.56 Å². The zero-order chi connectivity index (χ0) is 14.4. The summed E-state index contributed by atoms with van der Waals surface area (Å²) < 4.78 is 6.49. The number of fused-ring (bicyclic) bond motifs is 1. The fraction of sp³-hybridized carbons (Fsp3) is 0.556. The van der Waals surface area contributed by atoms with Gasteiger partial charge in [-0.1, -0.05) is 37.7 Å². The SMILES string of the molecule is Cc1ccc2c(c1)C([Si](C)(C)C)=CC1(CCCCC1)O2. The van der Waals surface area contributed by atoms with Gasteiger partial charge in [0.1, 0.15) is 11.4 Å². The van der Waals surface area contributed by atoms with Crippen LogP contribution in [-0.4, -0.2) is 13.7 Å². The third-order valence-electron chi connectivity index (χ3n) is 4.65. The second kappa shape index (κ2) is 4.76. The van der Waals surface area contributed by atoms with E-state index in [-0.39, 0.29) is 5.60 Å². The average Bonchev–Trinajstić information content (AvgIpc) is 2.38. The molecule has 0 N–H and O–H groups in total. The standard InChI is InChI=1S/C18H26OSi/c1-14-8-9-16-15(12-14)17(20(2,3)4)13-18(19-16)10-6-5-7-11-18/h8-9,12-13H,5-7,10-11H2,1-4H3. The molecule has 1 saturated carbocycles. The Morgan fingerprint density at radius 2 is 1.75 bits per heavy atom. The normalized spacial score (nSPS) is 21.1. The molecule has 1 heterocycles. The summed E-state index contributed by atoms with van der Waals surface area (Å²) >= 11 is 0. The van der Waals surface area contributed by atoms with Crippen LogP contribution in [0.1, 0.15) is 43.2 Å². The van der Waals surface area contributed by atoms with E-state index >= 15 is 0 Å². The van der Waals surface area contributed by atoms with Crippen molar-refractivity contribution in [3.63, 3.8) is 0 Å². The largest absolute Gasteiger partial charge is 0.483 e. The highest BCUT2D eigenvalue weighted by atomic mass is 28.3. The molecule has 1 aromatic carbocycles. The first-order valence-corrected chi connectivity index (χ1v) is 11.4. The molecule has 1 aliphatic carbocycles. The van der Waals surface area contributed by atoms with Gasteiger partial charge < -0.3 is 4.74 Å². The van der Waals surface area contributed by atoms with Crippen molar-refractivity contribution in [3.05, 3.63) is 35.4 Å². The van der Waals surface area contributed by atoms with Gasteiger partial charge >= 0.3 is 0 Å². The van der Waals surface area contributed by atoms with Crippen LogP contribution in [0.2, 0.25) is 19.6 Å². The highest BCUT2D eigenvalue weighted by molar-refractivity contribution is 6.93. The summed E-state index contributed by atoms with van der Waals surface area (Å²) in [4.78, 5) is 0. The van der Waals surface area contributed by atoms with Crippen LogP contribution in [-0.2, 0) is 0 Å². The lowest BCUT2D eigenvalue weighted by Crippen LogP contribution is -2.41. The minimum absolute atomic E-state index is 0.00385. The molecule has 0 amide bonds. The Labute approximate surface area is 124 Å². The molecular weight excluding hydrogens is 260 g/mol. The first-order valence-electron chi connectivity index (χ1n) is 7.93. The van der Waals surface area contributed by atoms with Crippen LogP contribution in [0.15, 0.2) is 24.3 Å². The third-order valence-corrected chi connectivity index (χ3v) is 6.68. The number of benzene rings is 1. The summed E-state index contributed by atoms with van der Waals surface area (Å²) in [5, 5.41) is 1.60. The van der Waals surface area contributed by atoms with Gasteiger partial charge in [-0.3, -0.25) is 0 Å². The number of ether oxygens (including phenoxy) is 1. The van der Waals surface area contributed by atoms with E-state index in [4.69, 9.17) is 4.74 Å². The van der Waals surface area contributed by atoms with Gasteiger partial charge in [0.05, 0.1) is 8.07 Å². The predicted octanol–water partition coefficient (Wildman–Crippen LogP) is 5.35. The Kier molecular flexibility index (Phi) is 3.32. The van der Waals surface area contributed by atoms with Crippen LogP contribution < -0.4 is 4.74 Å². The van der Waals surface area contributed by atoms with E-state index in [0.29, 0.717) is 0 Å². The number of hydrogen-bond donors (Lipinski definition) is 0. The highest BCUT2D eigenvalue weighted by Crippen LogP contribution is 2.45. The fourth-order valence-corrected chi connectivity index (χ4v) is 5.25. The smallest absolute Gasteiger partial charge is 0.127 e. The maximum atomic E-state index is 6.49. The molecule has 2 heteroatoms. The molecule has 1 aliphatic heterocycles. The van der Waals surface area contributed by atoms with Crippen molar-refractivity contribution in [3.8, 4) is 5.75 Å². The Morgan fingerprint density at radius 3 is 2.40 bits per heavy atom. The molecule has 0 unspecified atom stereocenters. The lowest BCUT2D eigenvalue weighted by molar-refractivity contribution is 0.0748. The van der Waals surface area contributed by atoms with Crippen molar-refractivity contribution in [1.82, 2.24) is 0 Å². The third kappa shape index (κ3) is 2.46. The average molecular weight is 286 g/mol. The molecule has 0 saturated heterocycles. The molecule has 108 valence electrons. The minimum Gasteiger partial charge on any atom is -0.483 e. The topological polar surface area (TPSA) is 9.23 Å². The summed E-state index contributed by atoms with van der Waals surface area (Å²) in [5.74, 6) is 1.12. The van der Waals surface area contributed by atoms with Crippen molar-refractivity contribution in [2.45, 2.75) is 64.3 Å². The van der Waals surface area contributed by atoms with Gasteiger partial charge in [-0.2, -0.15) is 0 Å². The second-order valence-electron chi connectivity index (χ2n) is 7.54. The molecule has 0 atom stereocenters. The molecule has 1 nitrogen and oxygen atoms in total. The van der Waals surface area contributed by atoms with E-state index in [0.717, 1.165) is 5.75 Å². The molecule has 1 fully saturated rings. The molecule has 20 heavy (non-hydrogen) atoms. The zero-order valence-electron chi connectivity index (χ0n) is 13.3. The Balaban J connectivity index is 2.12. The van der Waals surface area contributed by atoms with E-state index in [1.165, 1.54) is 43.2 Å². The van der Waals surface area contributed by atoms with Crippen molar-refractivity contribution in [1.29, 1.82) is 0 Å². The van der Waals surface area contributed by atoms with Gasteiger partial charge in [-0.15, -0.1) is 0 Å². The number of aryl methyl sites for hydroxylation is 1. The van der Waals surface area contributed by atoms with E-state index in [1.54, 1.807) is 5.20 Å². The second-order valence-corrected chi connectivity index (χ2v) is 12.6. The maximum absolute atomic E-state index is 6.49. The summed E-state index contributed by atoms with van der Waals surface area (Å²) in [5.41, 5.74) is 2.69. The summed E-state index contributed by atoms with van der Waals surface area (Å²) in [7, 11) is -1.36. The zero-order valence-corrected chi connectivity index (χ0v) is 14.3. The molecule has 2 aliphatic rings. The van der Waals surface area contributed by atoms with Gasteiger partial charge in [-0.05, 0) is 56.0 Å². The van der Waals surface area contributed by atoms with E-state index in [2.05, 4.69) is 50.8 Å². The van der Waals surface area contributed by atoms with Crippen LogP contribution in [0.3, 0.4) is 0 Å². The molecule has 1 spiro atoms. The number of hydrogen-bond acceptors (Lipinski definition) is 1. The maximum Gasteiger partial charge on any atom is 0.127 e.